The second-order valence-corrected chi connectivity index (χ2v) is 4.12. The third-order valence-electron chi connectivity index (χ3n) is 1.28. The maximum absolute atomic E-state index is 5.38. The standard InChI is InChI=1S/C8H13BrCl2O/c9-5-2-1-3-6-12-7-4-8(10)11/h4H,1-3,5-7H2. The molecule has 1 nitrogen and oxygen atoms in total. The summed E-state index contributed by atoms with van der Waals surface area (Å²) in [6.45, 7) is 1.29. The molecule has 0 aromatic carbocycles. The van der Waals surface area contributed by atoms with Crippen molar-refractivity contribution in [3.8, 4) is 0 Å². The molecule has 0 N–H and O–H groups in total. The molecule has 0 atom stereocenters. The van der Waals surface area contributed by atoms with Crippen molar-refractivity contribution < 1.29 is 4.74 Å². The fourth-order valence-electron chi connectivity index (χ4n) is 0.681. The first-order chi connectivity index (χ1) is 5.77. The number of hydrogen-bond donors (Lipinski definition) is 0. The highest BCUT2D eigenvalue weighted by atomic mass is 79.9. The van der Waals surface area contributed by atoms with Gasteiger partial charge in [0.1, 0.15) is 4.49 Å². The van der Waals surface area contributed by atoms with Crippen molar-refractivity contribution in [1.29, 1.82) is 0 Å². The lowest BCUT2D eigenvalue weighted by atomic mass is 10.3. The van der Waals surface area contributed by atoms with Gasteiger partial charge in [-0.25, -0.2) is 0 Å². The zero-order valence-electron chi connectivity index (χ0n) is 6.86. The lowest BCUT2D eigenvalue weighted by molar-refractivity contribution is 0.157. The molecule has 0 radical (unpaired) electrons. The second kappa shape index (κ2) is 9.85. The molecule has 0 fully saturated rings. The van der Waals surface area contributed by atoms with E-state index >= 15 is 0 Å². The van der Waals surface area contributed by atoms with Crippen molar-refractivity contribution in [2.24, 2.45) is 0 Å². The van der Waals surface area contributed by atoms with Crippen LogP contribution in [0.4, 0.5) is 0 Å². The van der Waals surface area contributed by atoms with E-state index in [-0.39, 0.29) is 4.49 Å². The van der Waals surface area contributed by atoms with Crippen LogP contribution in [0.2, 0.25) is 0 Å². The quantitative estimate of drug-likeness (QED) is 0.506. The highest BCUT2D eigenvalue weighted by molar-refractivity contribution is 9.09. The Hall–Kier alpha value is 0.760. The summed E-state index contributed by atoms with van der Waals surface area (Å²) in [6.07, 6.45) is 5.14. The van der Waals surface area contributed by atoms with Gasteiger partial charge >= 0.3 is 0 Å². The molecule has 0 aliphatic heterocycles. The van der Waals surface area contributed by atoms with E-state index in [0.29, 0.717) is 6.61 Å². The molecule has 4 heteroatoms. The predicted molar refractivity (Wildman–Crippen MR) is 58.3 cm³/mol. The second-order valence-electron chi connectivity index (χ2n) is 2.32. The van der Waals surface area contributed by atoms with Gasteiger partial charge in [-0.05, 0) is 18.9 Å². The molecule has 0 heterocycles. The van der Waals surface area contributed by atoms with Crippen LogP contribution in [0.25, 0.3) is 0 Å². The topological polar surface area (TPSA) is 9.23 Å². The molecule has 0 bridgehead atoms. The van der Waals surface area contributed by atoms with Gasteiger partial charge < -0.3 is 4.74 Å². The van der Waals surface area contributed by atoms with Crippen molar-refractivity contribution in [1.82, 2.24) is 0 Å². The number of rotatable bonds is 7. The molecule has 0 aliphatic carbocycles. The van der Waals surface area contributed by atoms with E-state index in [1.54, 1.807) is 6.08 Å². The lowest BCUT2D eigenvalue weighted by Gasteiger charge is -1.99. The molecule has 0 aromatic rings. The summed E-state index contributed by atoms with van der Waals surface area (Å²) in [4.78, 5) is 0. The first-order valence-corrected chi connectivity index (χ1v) is 5.80. The Bertz CT molecular complexity index is 124. The van der Waals surface area contributed by atoms with E-state index < -0.39 is 0 Å². The molecular weight excluding hydrogens is 263 g/mol. The van der Waals surface area contributed by atoms with Gasteiger partial charge in [0, 0.05) is 11.9 Å². The Balaban J connectivity index is 2.96. The molecule has 0 unspecified atom stereocenters. The Morgan fingerprint density at radius 2 is 2.00 bits per heavy atom. The van der Waals surface area contributed by atoms with Crippen LogP contribution in [-0.4, -0.2) is 18.5 Å². The van der Waals surface area contributed by atoms with Crippen LogP contribution in [0.3, 0.4) is 0 Å². The maximum Gasteiger partial charge on any atom is 0.105 e. The summed E-state index contributed by atoms with van der Waals surface area (Å²) < 4.78 is 5.50. The number of unbranched alkanes of at least 4 members (excludes halogenated alkanes) is 2. The zero-order valence-corrected chi connectivity index (χ0v) is 9.96. The number of hydrogen-bond acceptors (Lipinski definition) is 1. The van der Waals surface area contributed by atoms with Crippen LogP contribution in [0.15, 0.2) is 10.6 Å². The van der Waals surface area contributed by atoms with E-state index in [9.17, 15) is 0 Å². The SMILES string of the molecule is ClC(Cl)=CCOCCCCCBr. The van der Waals surface area contributed by atoms with Crippen LogP contribution in [-0.2, 0) is 4.74 Å². The van der Waals surface area contributed by atoms with Crippen LogP contribution >= 0.6 is 39.1 Å². The minimum Gasteiger partial charge on any atom is -0.377 e. The number of ether oxygens (including phenoxy) is 1. The summed E-state index contributed by atoms with van der Waals surface area (Å²) in [5.41, 5.74) is 0. The summed E-state index contributed by atoms with van der Waals surface area (Å²) >= 11 is 14.1. The summed E-state index contributed by atoms with van der Waals surface area (Å²) in [7, 11) is 0. The van der Waals surface area contributed by atoms with Crippen LogP contribution in [0, 0.1) is 0 Å². The molecule has 0 spiro atoms. The summed E-state index contributed by atoms with van der Waals surface area (Å²) in [5, 5.41) is 1.07. The van der Waals surface area contributed by atoms with Crippen molar-refractivity contribution in [3.05, 3.63) is 10.6 Å². The van der Waals surface area contributed by atoms with Crippen molar-refractivity contribution in [3.63, 3.8) is 0 Å². The normalized spacial score (nSPS) is 9.92. The van der Waals surface area contributed by atoms with Gasteiger partial charge in [0.25, 0.3) is 0 Å². The molecule has 72 valence electrons. The van der Waals surface area contributed by atoms with Gasteiger partial charge in [0.05, 0.1) is 6.61 Å². The molecule has 0 rings (SSSR count). The first kappa shape index (κ1) is 12.8. The predicted octanol–water partition coefficient (Wildman–Crippen LogP) is 3.89. The highest BCUT2D eigenvalue weighted by Crippen LogP contribution is 2.05. The van der Waals surface area contributed by atoms with Gasteiger partial charge in [-0.15, -0.1) is 0 Å². The van der Waals surface area contributed by atoms with Crippen LogP contribution in [0.5, 0.6) is 0 Å². The van der Waals surface area contributed by atoms with Gasteiger partial charge in [-0.3, -0.25) is 0 Å². The zero-order chi connectivity index (χ0) is 9.23. The molecule has 0 amide bonds. The lowest BCUT2D eigenvalue weighted by Crippen LogP contribution is -1.94. The van der Waals surface area contributed by atoms with Crippen molar-refractivity contribution >= 4 is 39.1 Å². The third-order valence-corrected chi connectivity index (χ3v) is 2.15. The molecule has 12 heavy (non-hydrogen) atoms. The van der Waals surface area contributed by atoms with Crippen LogP contribution in [0.1, 0.15) is 19.3 Å². The van der Waals surface area contributed by atoms with Crippen molar-refractivity contribution in [2.45, 2.75) is 19.3 Å². The Kier molecular flexibility index (Phi) is 10.5. The summed E-state index contributed by atoms with van der Waals surface area (Å²) in [6, 6.07) is 0. The molecule has 0 saturated heterocycles. The maximum atomic E-state index is 5.38. The summed E-state index contributed by atoms with van der Waals surface area (Å²) in [5.74, 6) is 0. The average Bonchev–Trinajstić information content (AvgIpc) is 2.02. The van der Waals surface area contributed by atoms with E-state index in [1.165, 1.54) is 12.8 Å². The molecule has 0 aromatic heterocycles. The van der Waals surface area contributed by atoms with E-state index in [2.05, 4.69) is 15.9 Å². The Morgan fingerprint density at radius 1 is 1.25 bits per heavy atom. The monoisotopic (exact) mass is 274 g/mol. The van der Waals surface area contributed by atoms with Gasteiger partial charge in [0.2, 0.25) is 0 Å². The van der Waals surface area contributed by atoms with Gasteiger partial charge in [-0.2, -0.15) is 0 Å². The molecular formula is C8H13BrCl2O. The number of halogens is 3. The van der Waals surface area contributed by atoms with E-state index in [1.807, 2.05) is 0 Å². The number of alkyl halides is 1. The van der Waals surface area contributed by atoms with E-state index in [4.69, 9.17) is 27.9 Å². The molecule has 0 aliphatic rings. The minimum absolute atomic E-state index is 0.274. The fraction of sp³-hybridized carbons (Fsp3) is 0.750. The fourth-order valence-corrected chi connectivity index (χ4v) is 1.20. The smallest absolute Gasteiger partial charge is 0.105 e. The molecule has 0 saturated carbocycles. The third kappa shape index (κ3) is 10.8. The Morgan fingerprint density at radius 3 is 2.58 bits per heavy atom. The highest BCUT2D eigenvalue weighted by Gasteiger charge is 1.88. The van der Waals surface area contributed by atoms with Gasteiger partial charge in [-0.1, -0.05) is 45.6 Å². The largest absolute Gasteiger partial charge is 0.377 e. The first-order valence-electron chi connectivity index (χ1n) is 3.92. The van der Waals surface area contributed by atoms with E-state index in [0.717, 1.165) is 18.4 Å². The minimum atomic E-state index is 0.274. The van der Waals surface area contributed by atoms with Gasteiger partial charge in [0.15, 0.2) is 0 Å². The average molecular weight is 276 g/mol. The van der Waals surface area contributed by atoms with Crippen LogP contribution < -0.4 is 0 Å². The Labute approximate surface area is 92.2 Å². The van der Waals surface area contributed by atoms with Crippen molar-refractivity contribution in [2.75, 3.05) is 18.5 Å².